The van der Waals surface area contributed by atoms with Gasteiger partial charge in [0.1, 0.15) is 11.6 Å². The van der Waals surface area contributed by atoms with Gasteiger partial charge in [-0.2, -0.15) is 5.10 Å². The second-order valence-electron chi connectivity index (χ2n) is 4.27. The fraction of sp³-hybridized carbons (Fsp3) is 0.357. The second kappa shape index (κ2) is 5.93. The van der Waals surface area contributed by atoms with Gasteiger partial charge in [-0.05, 0) is 37.2 Å². The van der Waals surface area contributed by atoms with Crippen molar-refractivity contribution in [1.82, 2.24) is 15.1 Å². The van der Waals surface area contributed by atoms with Crippen LogP contribution in [0.4, 0.5) is 8.78 Å². The largest absolute Gasteiger partial charge is 0.305 e. The Morgan fingerprint density at radius 2 is 1.89 bits per heavy atom. The van der Waals surface area contributed by atoms with Crippen molar-refractivity contribution in [2.24, 2.45) is 0 Å². The highest BCUT2D eigenvalue weighted by Gasteiger charge is 2.18. The average Bonchev–Trinajstić information content (AvgIpc) is 2.82. The molecule has 0 aliphatic rings. The SMILES string of the molecule is CCNC(c1cc(F)cc(F)c1)c1ccnn1CC. The normalized spacial score (nSPS) is 12.6. The molecule has 0 radical (unpaired) electrons. The maximum absolute atomic E-state index is 13.4. The molecule has 1 N–H and O–H groups in total. The van der Waals surface area contributed by atoms with Gasteiger partial charge < -0.3 is 5.32 Å². The van der Waals surface area contributed by atoms with E-state index in [4.69, 9.17) is 0 Å². The van der Waals surface area contributed by atoms with Gasteiger partial charge in [0, 0.05) is 18.8 Å². The molecule has 19 heavy (non-hydrogen) atoms. The van der Waals surface area contributed by atoms with E-state index in [1.807, 2.05) is 24.6 Å². The van der Waals surface area contributed by atoms with Crippen molar-refractivity contribution >= 4 is 0 Å². The van der Waals surface area contributed by atoms with E-state index in [1.54, 1.807) is 6.20 Å². The minimum absolute atomic E-state index is 0.266. The zero-order valence-corrected chi connectivity index (χ0v) is 11.0. The Bertz CT molecular complexity index is 531. The van der Waals surface area contributed by atoms with Gasteiger partial charge in [0.15, 0.2) is 0 Å². The fourth-order valence-corrected chi connectivity index (χ4v) is 2.19. The van der Waals surface area contributed by atoms with Crippen molar-refractivity contribution in [3.63, 3.8) is 0 Å². The number of benzene rings is 1. The van der Waals surface area contributed by atoms with Crippen molar-refractivity contribution in [1.29, 1.82) is 0 Å². The highest BCUT2D eigenvalue weighted by molar-refractivity contribution is 5.28. The number of hydrogen-bond donors (Lipinski definition) is 1. The molecule has 0 fully saturated rings. The monoisotopic (exact) mass is 265 g/mol. The van der Waals surface area contributed by atoms with Gasteiger partial charge in [0.05, 0.1) is 11.7 Å². The van der Waals surface area contributed by atoms with E-state index in [0.29, 0.717) is 18.7 Å². The Kier molecular flexibility index (Phi) is 4.27. The van der Waals surface area contributed by atoms with E-state index in [0.717, 1.165) is 11.8 Å². The second-order valence-corrected chi connectivity index (χ2v) is 4.27. The molecule has 102 valence electrons. The first kappa shape index (κ1) is 13.7. The molecule has 1 heterocycles. The van der Waals surface area contributed by atoms with Crippen molar-refractivity contribution in [2.45, 2.75) is 26.4 Å². The number of aryl methyl sites for hydroxylation is 1. The van der Waals surface area contributed by atoms with Crippen molar-refractivity contribution in [3.05, 3.63) is 53.4 Å². The lowest BCUT2D eigenvalue weighted by molar-refractivity contribution is 0.530. The molecule has 2 aromatic rings. The predicted octanol–water partition coefficient (Wildman–Crippen LogP) is 2.88. The number of rotatable bonds is 5. The summed E-state index contributed by atoms with van der Waals surface area (Å²) >= 11 is 0. The Morgan fingerprint density at radius 3 is 2.47 bits per heavy atom. The Labute approximate surface area is 111 Å². The first-order valence-electron chi connectivity index (χ1n) is 6.36. The Hall–Kier alpha value is -1.75. The topological polar surface area (TPSA) is 29.9 Å². The number of hydrogen-bond acceptors (Lipinski definition) is 2. The van der Waals surface area contributed by atoms with E-state index in [2.05, 4.69) is 10.4 Å². The number of halogens is 2. The summed E-state index contributed by atoms with van der Waals surface area (Å²) in [7, 11) is 0. The van der Waals surface area contributed by atoms with Gasteiger partial charge in [0.25, 0.3) is 0 Å². The van der Waals surface area contributed by atoms with Gasteiger partial charge in [0.2, 0.25) is 0 Å². The third-order valence-electron chi connectivity index (χ3n) is 2.97. The Balaban J connectivity index is 2.45. The van der Waals surface area contributed by atoms with E-state index < -0.39 is 11.6 Å². The minimum Gasteiger partial charge on any atom is -0.305 e. The summed E-state index contributed by atoms with van der Waals surface area (Å²) < 4.78 is 28.5. The summed E-state index contributed by atoms with van der Waals surface area (Å²) in [5.41, 5.74) is 1.46. The number of nitrogens with zero attached hydrogens (tertiary/aromatic N) is 2. The number of aromatic nitrogens is 2. The molecular weight excluding hydrogens is 248 g/mol. The lowest BCUT2D eigenvalue weighted by Gasteiger charge is -2.19. The van der Waals surface area contributed by atoms with Crippen molar-refractivity contribution in [3.8, 4) is 0 Å². The Morgan fingerprint density at radius 1 is 1.21 bits per heavy atom. The van der Waals surface area contributed by atoms with Gasteiger partial charge in [-0.1, -0.05) is 6.92 Å². The van der Waals surface area contributed by atoms with E-state index in [1.165, 1.54) is 12.1 Å². The molecule has 1 aromatic heterocycles. The summed E-state index contributed by atoms with van der Waals surface area (Å²) in [6.07, 6.45) is 1.69. The zero-order chi connectivity index (χ0) is 13.8. The van der Waals surface area contributed by atoms with E-state index in [9.17, 15) is 8.78 Å². The standard InChI is InChI=1S/C14H17F2N3/c1-3-17-14(13-5-6-18-19(13)4-2)10-7-11(15)9-12(16)8-10/h5-9,14,17H,3-4H2,1-2H3. The van der Waals surface area contributed by atoms with Crippen LogP contribution in [0.5, 0.6) is 0 Å². The quantitative estimate of drug-likeness (QED) is 0.901. The maximum Gasteiger partial charge on any atom is 0.126 e. The summed E-state index contributed by atoms with van der Waals surface area (Å²) in [5.74, 6) is -1.14. The summed E-state index contributed by atoms with van der Waals surface area (Å²) in [5, 5.41) is 7.43. The van der Waals surface area contributed by atoms with Crippen LogP contribution in [0.25, 0.3) is 0 Å². The molecule has 0 aliphatic heterocycles. The molecule has 2 rings (SSSR count). The summed E-state index contributed by atoms with van der Waals surface area (Å²) in [4.78, 5) is 0. The molecule has 1 aromatic carbocycles. The lowest BCUT2D eigenvalue weighted by Crippen LogP contribution is -2.25. The first-order valence-corrected chi connectivity index (χ1v) is 6.36. The molecule has 0 aliphatic carbocycles. The van der Waals surface area contributed by atoms with E-state index in [-0.39, 0.29) is 6.04 Å². The summed E-state index contributed by atoms with van der Waals surface area (Å²) in [6, 6.07) is 5.17. The minimum atomic E-state index is -0.569. The smallest absolute Gasteiger partial charge is 0.126 e. The van der Waals surface area contributed by atoms with Crippen LogP contribution in [-0.2, 0) is 6.54 Å². The molecule has 0 amide bonds. The van der Waals surface area contributed by atoms with Crippen LogP contribution in [0.1, 0.15) is 31.1 Å². The molecule has 1 unspecified atom stereocenters. The highest BCUT2D eigenvalue weighted by Crippen LogP contribution is 2.23. The number of nitrogens with one attached hydrogen (secondary N) is 1. The summed E-state index contributed by atoms with van der Waals surface area (Å²) in [6.45, 7) is 5.33. The van der Waals surface area contributed by atoms with Crippen LogP contribution < -0.4 is 5.32 Å². The van der Waals surface area contributed by atoms with E-state index >= 15 is 0 Å². The highest BCUT2D eigenvalue weighted by atomic mass is 19.1. The van der Waals surface area contributed by atoms with Crippen molar-refractivity contribution < 1.29 is 8.78 Å². The lowest BCUT2D eigenvalue weighted by atomic mass is 10.0. The van der Waals surface area contributed by atoms with Crippen LogP contribution in [-0.4, -0.2) is 16.3 Å². The molecule has 0 saturated carbocycles. The molecule has 0 bridgehead atoms. The zero-order valence-electron chi connectivity index (χ0n) is 11.0. The average molecular weight is 265 g/mol. The van der Waals surface area contributed by atoms with Crippen LogP contribution in [0.2, 0.25) is 0 Å². The van der Waals surface area contributed by atoms with Crippen LogP contribution in [0.15, 0.2) is 30.5 Å². The predicted molar refractivity (Wildman–Crippen MR) is 69.8 cm³/mol. The van der Waals surface area contributed by atoms with Gasteiger partial charge in [-0.25, -0.2) is 8.78 Å². The molecule has 0 spiro atoms. The van der Waals surface area contributed by atoms with Crippen LogP contribution in [0.3, 0.4) is 0 Å². The van der Waals surface area contributed by atoms with Gasteiger partial charge in [-0.3, -0.25) is 4.68 Å². The van der Waals surface area contributed by atoms with Crippen LogP contribution in [0, 0.1) is 11.6 Å². The first-order chi connectivity index (χ1) is 9.15. The maximum atomic E-state index is 13.4. The van der Waals surface area contributed by atoms with Crippen LogP contribution >= 0.6 is 0 Å². The van der Waals surface area contributed by atoms with Gasteiger partial charge in [-0.15, -0.1) is 0 Å². The molecule has 5 heteroatoms. The van der Waals surface area contributed by atoms with Gasteiger partial charge >= 0.3 is 0 Å². The van der Waals surface area contributed by atoms with Crippen molar-refractivity contribution in [2.75, 3.05) is 6.54 Å². The molecule has 1 atom stereocenters. The third-order valence-corrected chi connectivity index (χ3v) is 2.97. The fourth-order valence-electron chi connectivity index (χ4n) is 2.19. The third kappa shape index (κ3) is 2.98. The molecular formula is C14H17F2N3. The molecule has 3 nitrogen and oxygen atoms in total. The molecule has 0 saturated heterocycles.